The maximum Gasteiger partial charge on any atom is 4.00 e. The molecular formula is C24H40Hf. The van der Waals surface area contributed by atoms with Crippen LogP contribution in [0.15, 0.2) is 48.5 Å². The molecule has 0 amide bonds. The van der Waals surface area contributed by atoms with Gasteiger partial charge in [0.1, 0.15) is 0 Å². The molecule has 0 aliphatic rings. The van der Waals surface area contributed by atoms with E-state index in [0.29, 0.717) is 11.8 Å². The Balaban J connectivity index is -0.000000270. The van der Waals surface area contributed by atoms with Crippen LogP contribution in [0.3, 0.4) is 0 Å². The second kappa shape index (κ2) is 18.4. The SMILES string of the molecule is CC(C)[c-]1cccc1.CC(C)[c-]1cccc1.C[C-](C)C.C[C-](C)C.[Hf+4]. The largest absolute Gasteiger partial charge is 4.00 e. The Morgan fingerprint density at radius 2 is 0.680 bits per heavy atom. The van der Waals surface area contributed by atoms with Gasteiger partial charge in [-0.1, -0.05) is 39.5 Å². The van der Waals surface area contributed by atoms with Crippen molar-refractivity contribution in [2.24, 2.45) is 0 Å². The van der Waals surface area contributed by atoms with Crippen molar-refractivity contribution in [3.8, 4) is 0 Å². The van der Waals surface area contributed by atoms with Crippen molar-refractivity contribution in [1.82, 2.24) is 0 Å². The second-order valence-corrected chi connectivity index (χ2v) is 7.75. The first-order chi connectivity index (χ1) is 11.1. The van der Waals surface area contributed by atoms with Crippen LogP contribution in [-0.4, -0.2) is 0 Å². The summed E-state index contributed by atoms with van der Waals surface area (Å²) in [6, 6.07) is 16.9. The van der Waals surface area contributed by atoms with E-state index in [1.165, 1.54) is 23.0 Å². The van der Waals surface area contributed by atoms with Gasteiger partial charge in [-0.15, -0.1) is 0 Å². The Morgan fingerprint density at radius 1 is 0.520 bits per heavy atom. The minimum atomic E-state index is 0. The van der Waals surface area contributed by atoms with Gasteiger partial charge in [-0.25, -0.2) is 24.3 Å². The maximum absolute atomic E-state index is 2.20. The summed E-state index contributed by atoms with van der Waals surface area (Å²) in [5.74, 6) is 4.20. The Bertz CT molecular complexity index is 381. The average molecular weight is 507 g/mol. The van der Waals surface area contributed by atoms with Gasteiger partial charge >= 0.3 is 25.8 Å². The van der Waals surface area contributed by atoms with E-state index in [0.717, 1.165) is 0 Å². The third-order valence-electron chi connectivity index (χ3n) is 2.71. The maximum atomic E-state index is 2.20. The predicted molar refractivity (Wildman–Crippen MR) is 113 cm³/mol. The summed E-state index contributed by atoms with van der Waals surface area (Å²) in [5, 5.41) is 0. The molecule has 2 aromatic carbocycles. The smallest absolute Gasteiger partial charge is 0.323 e. The summed E-state index contributed by atoms with van der Waals surface area (Å²) in [5.41, 5.74) is 2.87. The molecule has 140 valence electrons. The molecule has 0 heterocycles. The number of rotatable bonds is 2. The van der Waals surface area contributed by atoms with Gasteiger partial charge in [-0.05, 0) is 0 Å². The average Bonchev–Trinajstić information content (AvgIpc) is 3.12. The van der Waals surface area contributed by atoms with Crippen LogP contribution >= 0.6 is 0 Å². The first kappa shape index (κ1) is 29.3. The molecule has 0 aliphatic carbocycles. The number of hydrogen-bond donors (Lipinski definition) is 0. The van der Waals surface area contributed by atoms with Gasteiger partial charge in [0, 0.05) is 0 Å². The van der Waals surface area contributed by atoms with Gasteiger partial charge in [0.2, 0.25) is 0 Å². The van der Waals surface area contributed by atoms with E-state index in [9.17, 15) is 0 Å². The van der Waals surface area contributed by atoms with Crippen LogP contribution in [0.2, 0.25) is 0 Å². The zero-order valence-electron chi connectivity index (χ0n) is 18.3. The van der Waals surface area contributed by atoms with Crippen molar-refractivity contribution in [1.29, 1.82) is 0 Å². The third-order valence-corrected chi connectivity index (χ3v) is 2.71. The molecule has 1 heteroatoms. The minimum Gasteiger partial charge on any atom is -0.323 e. The zero-order chi connectivity index (χ0) is 19.1. The van der Waals surface area contributed by atoms with E-state index in [2.05, 4.69) is 118 Å². The van der Waals surface area contributed by atoms with Crippen LogP contribution in [0.5, 0.6) is 0 Å². The van der Waals surface area contributed by atoms with E-state index in [-0.39, 0.29) is 25.8 Å². The van der Waals surface area contributed by atoms with Crippen molar-refractivity contribution in [3.05, 3.63) is 71.5 Å². The molecule has 0 unspecified atom stereocenters. The first-order valence-electron chi connectivity index (χ1n) is 9.04. The van der Waals surface area contributed by atoms with Crippen LogP contribution in [0.4, 0.5) is 0 Å². The summed E-state index contributed by atoms with van der Waals surface area (Å²) >= 11 is 0. The van der Waals surface area contributed by atoms with Crippen molar-refractivity contribution < 1.29 is 25.8 Å². The fourth-order valence-corrected chi connectivity index (χ4v) is 1.55. The number of hydrogen-bond acceptors (Lipinski definition) is 0. The Morgan fingerprint density at radius 3 is 0.760 bits per heavy atom. The molecule has 0 aliphatic heterocycles. The molecule has 0 spiro atoms. The van der Waals surface area contributed by atoms with E-state index >= 15 is 0 Å². The van der Waals surface area contributed by atoms with Crippen LogP contribution < -0.4 is 0 Å². The third kappa shape index (κ3) is 23.6. The van der Waals surface area contributed by atoms with Crippen molar-refractivity contribution in [2.75, 3.05) is 0 Å². The van der Waals surface area contributed by atoms with Crippen LogP contribution in [0, 0.1) is 11.8 Å². The van der Waals surface area contributed by atoms with Gasteiger partial charge in [-0.3, -0.25) is 0 Å². The summed E-state index contributed by atoms with van der Waals surface area (Å²) in [7, 11) is 0. The summed E-state index contributed by atoms with van der Waals surface area (Å²) in [4.78, 5) is 0. The molecule has 0 radical (unpaired) electrons. The molecule has 2 rings (SSSR count). The van der Waals surface area contributed by atoms with Gasteiger partial charge in [0.15, 0.2) is 0 Å². The minimum absolute atomic E-state index is 0. The molecule has 2 aromatic rings. The summed E-state index contributed by atoms with van der Waals surface area (Å²) < 4.78 is 0. The van der Waals surface area contributed by atoms with Crippen molar-refractivity contribution in [3.63, 3.8) is 0 Å². The molecule has 0 atom stereocenters. The summed E-state index contributed by atoms with van der Waals surface area (Å²) in [6.45, 7) is 21.3. The fourth-order valence-electron chi connectivity index (χ4n) is 1.55. The van der Waals surface area contributed by atoms with Crippen molar-refractivity contribution >= 4 is 0 Å². The zero-order valence-corrected chi connectivity index (χ0v) is 21.9. The van der Waals surface area contributed by atoms with Crippen LogP contribution in [-0.2, 0) is 25.8 Å². The van der Waals surface area contributed by atoms with Gasteiger partial charge in [0.25, 0.3) is 0 Å². The Hall–Kier alpha value is -0.430. The monoisotopic (exact) mass is 508 g/mol. The molecule has 0 saturated carbocycles. The molecule has 0 saturated heterocycles. The Kier molecular flexibility index (Phi) is 21.6. The molecule has 0 N–H and O–H groups in total. The van der Waals surface area contributed by atoms with E-state index in [4.69, 9.17) is 0 Å². The van der Waals surface area contributed by atoms with Gasteiger partial charge in [0.05, 0.1) is 0 Å². The predicted octanol–water partition coefficient (Wildman–Crippen LogP) is 8.30. The van der Waals surface area contributed by atoms with Gasteiger partial charge in [-0.2, -0.15) is 76.9 Å². The molecule has 0 fully saturated rings. The molecule has 0 nitrogen and oxygen atoms in total. The standard InChI is InChI=1S/2C8H11.2C4H9.Hf/c2*1-7(2)8-5-3-4-6-8;2*1-4(2)3;/h2*3-7H,1-2H3;2*1-3H3;/q4*-1;+4. The quantitative estimate of drug-likeness (QED) is 0.284. The molecule has 0 bridgehead atoms. The molecule has 0 aromatic heterocycles. The first-order valence-corrected chi connectivity index (χ1v) is 9.04. The Labute approximate surface area is 178 Å². The second-order valence-electron chi connectivity index (χ2n) is 7.75. The van der Waals surface area contributed by atoms with Crippen molar-refractivity contribution in [2.45, 2.75) is 81.1 Å². The van der Waals surface area contributed by atoms with E-state index in [1.54, 1.807) is 0 Å². The van der Waals surface area contributed by atoms with Gasteiger partial charge < -0.3 is 11.8 Å². The van der Waals surface area contributed by atoms with E-state index in [1.807, 2.05) is 0 Å². The topological polar surface area (TPSA) is 0 Å². The van der Waals surface area contributed by atoms with Crippen LogP contribution in [0.1, 0.15) is 92.2 Å². The van der Waals surface area contributed by atoms with Crippen LogP contribution in [0.25, 0.3) is 0 Å². The van der Waals surface area contributed by atoms with E-state index < -0.39 is 0 Å². The molecule has 25 heavy (non-hydrogen) atoms. The normalized spacial score (nSPS) is 9.52. The fraction of sp³-hybridized carbons (Fsp3) is 0.500. The molecular weight excluding hydrogens is 467 g/mol. The summed E-state index contributed by atoms with van der Waals surface area (Å²) in [6.07, 6.45) is 0.